The van der Waals surface area contributed by atoms with Crippen molar-refractivity contribution in [2.75, 3.05) is 0 Å². The Morgan fingerprint density at radius 2 is 1.76 bits per heavy atom. The van der Waals surface area contributed by atoms with E-state index in [9.17, 15) is 4.79 Å². The summed E-state index contributed by atoms with van der Waals surface area (Å²) >= 11 is 0. The molecule has 6 heteroatoms. The lowest BCUT2D eigenvalue weighted by Crippen LogP contribution is -2.24. The summed E-state index contributed by atoms with van der Waals surface area (Å²) in [5.74, 6) is 0.274. The fraction of sp³-hybridized carbons (Fsp3) is 0.526. The van der Waals surface area contributed by atoms with E-state index < -0.39 is 5.60 Å². The minimum atomic E-state index is -0.536. The summed E-state index contributed by atoms with van der Waals surface area (Å²) in [7, 11) is 0. The molecule has 0 aliphatic rings. The number of carbonyl (C=O) groups excluding carboxylic acids is 1. The molecule has 0 amide bonds. The quantitative estimate of drug-likeness (QED) is 0.788. The molecule has 0 aliphatic carbocycles. The molecule has 25 heavy (non-hydrogen) atoms. The highest BCUT2D eigenvalue weighted by Gasteiger charge is 2.20. The Balaban J connectivity index is 2.15. The number of nitrogens with zero attached hydrogens (tertiary/aromatic N) is 3. The maximum atomic E-state index is 12.2. The molecule has 0 radical (unpaired) electrons. The number of ether oxygens (including phenoxy) is 2. The van der Waals surface area contributed by atoms with Crippen LogP contribution in [0.15, 0.2) is 24.4 Å². The monoisotopic (exact) mass is 345 g/mol. The van der Waals surface area contributed by atoms with Crippen molar-refractivity contribution in [3.05, 3.63) is 41.3 Å². The maximum Gasteiger partial charge on any atom is 0.340 e. The van der Waals surface area contributed by atoms with Crippen LogP contribution in [-0.2, 0) is 16.1 Å². The molecule has 2 aromatic rings. The van der Waals surface area contributed by atoms with Crippen LogP contribution in [0.2, 0.25) is 0 Å². The van der Waals surface area contributed by atoms with Gasteiger partial charge < -0.3 is 9.47 Å². The van der Waals surface area contributed by atoms with Gasteiger partial charge in [-0.2, -0.15) is 5.10 Å². The molecule has 0 aliphatic heterocycles. The van der Waals surface area contributed by atoms with Crippen LogP contribution >= 0.6 is 0 Å². The standard InChI is InChI=1S/C19H27N3O3/c1-13-15(17(23)25-19(5,6)7)8-9-16(20-13)22-11-10-14(21-22)12-24-18(2,3)4/h8-11H,12H2,1-7H3. The lowest BCUT2D eigenvalue weighted by molar-refractivity contribution is -0.0166. The molecule has 6 nitrogen and oxygen atoms in total. The molecule has 2 rings (SSSR count). The Kier molecular flexibility index (Phi) is 5.32. The normalized spacial score (nSPS) is 12.3. The second-order valence-electron chi connectivity index (χ2n) is 7.96. The number of pyridine rings is 1. The van der Waals surface area contributed by atoms with Gasteiger partial charge in [-0.3, -0.25) is 0 Å². The third-order valence-electron chi connectivity index (χ3n) is 3.22. The van der Waals surface area contributed by atoms with Gasteiger partial charge in [-0.25, -0.2) is 14.5 Å². The summed E-state index contributed by atoms with van der Waals surface area (Å²) in [6.07, 6.45) is 1.83. The van der Waals surface area contributed by atoms with E-state index >= 15 is 0 Å². The minimum absolute atomic E-state index is 0.215. The van der Waals surface area contributed by atoms with Gasteiger partial charge in [0.15, 0.2) is 5.82 Å². The van der Waals surface area contributed by atoms with E-state index in [-0.39, 0.29) is 11.6 Å². The Morgan fingerprint density at radius 1 is 1.08 bits per heavy atom. The van der Waals surface area contributed by atoms with Crippen LogP contribution in [-0.4, -0.2) is 31.9 Å². The molecule has 0 bridgehead atoms. The number of aryl methyl sites for hydroxylation is 1. The Bertz CT molecular complexity index is 752. The lowest BCUT2D eigenvalue weighted by atomic mass is 10.1. The molecule has 0 fully saturated rings. The molecule has 2 heterocycles. The van der Waals surface area contributed by atoms with Gasteiger partial charge >= 0.3 is 5.97 Å². The highest BCUT2D eigenvalue weighted by atomic mass is 16.6. The van der Waals surface area contributed by atoms with Crippen molar-refractivity contribution < 1.29 is 14.3 Å². The first-order chi connectivity index (χ1) is 11.4. The van der Waals surface area contributed by atoms with Gasteiger partial charge in [0, 0.05) is 6.20 Å². The first-order valence-electron chi connectivity index (χ1n) is 8.34. The first kappa shape index (κ1) is 19.1. The molecule has 0 spiro atoms. The van der Waals surface area contributed by atoms with Gasteiger partial charge in [0.25, 0.3) is 0 Å². The molecule has 136 valence electrons. The zero-order valence-corrected chi connectivity index (χ0v) is 16.1. The molecule has 0 atom stereocenters. The van der Waals surface area contributed by atoms with Crippen LogP contribution in [0.1, 0.15) is 63.3 Å². The third kappa shape index (κ3) is 5.67. The Labute approximate surface area is 149 Å². The second-order valence-corrected chi connectivity index (χ2v) is 7.96. The van der Waals surface area contributed by atoms with E-state index in [2.05, 4.69) is 10.1 Å². The van der Waals surface area contributed by atoms with Crippen LogP contribution in [0.4, 0.5) is 0 Å². The van der Waals surface area contributed by atoms with Gasteiger partial charge in [-0.1, -0.05) is 0 Å². The first-order valence-corrected chi connectivity index (χ1v) is 8.34. The maximum absolute atomic E-state index is 12.2. The number of hydrogen-bond acceptors (Lipinski definition) is 5. The van der Waals surface area contributed by atoms with Gasteiger partial charge in [0.1, 0.15) is 5.60 Å². The molecule has 0 aromatic carbocycles. The van der Waals surface area contributed by atoms with E-state index in [4.69, 9.17) is 9.47 Å². The van der Waals surface area contributed by atoms with Gasteiger partial charge in [0.05, 0.1) is 29.2 Å². The Morgan fingerprint density at radius 3 is 2.32 bits per heavy atom. The van der Waals surface area contributed by atoms with Crippen molar-refractivity contribution in [3.8, 4) is 5.82 Å². The topological polar surface area (TPSA) is 66.2 Å². The molecule has 2 aromatic heterocycles. The highest BCUT2D eigenvalue weighted by molar-refractivity contribution is 5.90. The predicted octanol–water partition coefficient (Wildman–Crippen LogP) is 3.85. The van der Waals surface area contributed by atoms with Crippen molar-refractivity contribution in [1.29, 1.82) is 0 Å². The fourth-order valence-electron chi connectivity index (χ4n) is 2.08. The zero-order valence-electron chi connectivity index (χ0n) is 16.1. The summed E-state index contributed by atoms with van der Waals surface area (Å²) < 4.78 is 12.8. The van der Waals surface area contributed by atoms with Crippen LogP contribution in [0.5, 0.6) is 0 Å². The van der Waals surface area contributed by atoms with E-state index in [1.165, 1.54) is 0 Å². The smallest absolute Gasteiger partial charge is 0.340 e. The van der Waals surface area contributed by atoms with Crippen molar-refractivity contribution in [3.63, 3.8) is 0 Å². The van der Waals surface area contributed by atoms with Gasteiger partial charge in [-0.05, 0) is 66.7 Å². The number of rotatable bonds is 4. The Hall–Kier alpha value is -2.21. The molecule has 0 saturated heterocycles. The number of carbonyl (C=O) groups is 1. The van der Waals surface area contributed by atoms with Gasteiger partial charge in [0.2, 0.25) is 0 Å². The number of esters is 1. The van der Waals surface area contributed by atoms with E-state index in [1.807, 2.05) is 53.8 Å². The summed E-state index contributed by atoms with van der Waals surface area (Å²) in [6.45, 7) is 13.8. The summed E-state index contributed by atoms with van der Waals surface area (Å²) in [4.78, 5) is 16.7. The van der Waals surface area contributed by atoms with Crippen LogP contribution in [0.3, 0.4) is 0 Å². The number of aromatic nitrogens is 3. The van der Waals surface area contributed by atoms with E-state index in [0.29, 0.717) is 23.7 Å². The van der Waals surface area contributed by atoms with E-state index in [1.54, 1.807) is 23.7 Å². The van der Waals surface area contributed by atoms with Crippen molar-refractivity contribution in [2.45, 2.75) is 66.3 Å². The highest BCUT2D eigenvalue weighted by Crippen LogP contribution is 2.16. The fourth-order valence-corrected chi connectivity index (χ4v) is 2.08. The van der Waals surface area contributed by atoms with Crippen LogP contribution in [0.25, 0.3) is 5.82 Å². The number of hydrogen-bond donors (Lipinski definition) is 0. The molecule has 0 unspecified atom stereocenters. The summed E-state index contributed by atoms with van der Waals surface area (Å²) in [5.41, 5.74) is 1.14. The van der Waals surface area contributed by atoms with E-state index in [0.717, 1.165) is 5.69 Å². The van der Waals surface area contributed by atoms with Crippen molar-refractivity contribution in [2.24, 2.45) is 0 Å². The summed E-state index contributed by atoms with van der Waals surface area (Å²) in [6, 6.07) is 5.37. The van der Waals surface area contributed by atoms with Crippen molar-refractivity contribution >= 4 is 5.97 Å². The molecular weight excluding hydrogens is 318 g/mol. The minimum Gasteiger partial charge on any atom is -0.456 e. The zero-order chi connectivity index (χ0) is 18.8. The molecule has 0 saturated carbocycles. The van der Waals surface area contributed by atoms with Crippen LogP contribution in [0, 0.1) is 6.92 Å². The predicted molar refractivity (Wildman–Crippen MR) is 95.8 cm³/mol. The summed E-state index contributed by atoms with van der Waals surface area (Å²) in [5, 5.41) is 4.47. The van der Waals surface area contributed by atoms with Gasteiger partial charge in [-0.15, -0.1) is 0 Å². The van der Waals surface area contributed by atoms with Crippen molar-refractivity contribution in [1.82, 2.24) is 14.8 Å². The largest absolute Gasteiger partial charge is 0.456 e. The second kappa shape index (κ2) is 6.96. The SMILES string of the molecule is Cc1nc(-n2ccc(COC(C)(C)C)n2)ccc1C(=O)OC(C)(C)C. The lowest BCUT2D eigenvalue weighted by Gasteiger charge is -2.20. The third-order valence-corrected chi connectivity index (χ3v) is 3.22. The average Bonchev–Trinajstić information content (AvgIpc) is 2.91. The van der Waals surface area contributed by atoms with Crippen LogP contribution < -0.4 is 0 Å². The molecular formula is C19H27N3O3. The molecule has 0 N–H and O–H groups in total. The average molecular weight is 345 g/mol.